The second-order valence-corrected chi connectivity index (χ2v) is 8.94. The van der Waals surface area contributed by atoms with Gasteiger partial charge in [-0.05, 0) is 24.6 Å². The molecule has 9 nitrogen and oxygen atoms in total. The van der Waals surface area contributed by atoms with Crippen LogP contribution in [-0.2, 0) is 28.2 Å². The van der Waals surface area contributed by atoms with Gasteiger partial charge in [-0.2, -0.15) is 5.10 Å². The number of carbonyl (C=O) groups excluding carboxylic acids is 1. The van der Waals surface area contributed by atoms with E-state index in [0.717, 1.165) is 11.3 Å². The van der Waals surface area contributed by atoms with Crippen molar-refractivity contribution in [3.8, 4) is 0 Å². The zero-order chi connectivity index (χ0) is 21.0. The molecule has 156 valence electrons. The van der Waals surface area contributed by atoms with Crippen molar-refractivity contribution in [2.24, 2.45) is 12.0 Å². The van der Waals surface area contributed by atoms with Gasteiger partial charge in [-0.25, -0.2) is 13.4 Å². The first-order chi connectivity index (χ1) is 13.8. The maximum Gasteiger partial charge on any atom is 0.246 e. The molecule has 0 spiro atoms. The Bertz CT molecular complexity index is 997. The van der Waals surface area contributed by atoms with Crippen LogP contribution in [0.25, 0.3) is 0 Å². The summed E-state index contributed by atoms with van der Waals surface area (Å²) in [5.41, 5.74) is 1.69. The minimum absolute atomic E-state index is 0.00708. The number of amides is 1. The van der Waals surface area contributed by atoms with E-state index < -0.39 is 9.84 Å². The summed E-state index contributed by atoms with van der Waals surface area (Å²) >= 11 is 0. The predicted octanol–water partition coefficient (Wildman–Crippen LogP) is 0.638. The van der Waals surface area contributed by atoms with Crippen LogP contribution in [0.15, 0.2) is 46.5 Å². The topological polar surface area (TPSA) is 99.9 Å². The summed E-state index contributed by atoms with van der Waals surface area (Å²) in [5, 5.41) is 7.36. The molecule has 0 atom stereocenters. The van der Waals surface area contributed by atoms with Crippen LogP contribution in [0.5, 0.6) is 0 Å². The summed E-state index contributed by atoms with van der Waals surface area (Å²) in [4.78, 5) is 21.2. The number of aliphatic imine (C=N–C) groups is 1. The van der Waals surface area contributed by atoms with Gasteiger partial charge in [-0.1, -0.05) is 12.1 Å². The fourth-order valence-corrected chi connectivity index (χ4v) is 3.74. The third-order valence-corrected chi connectivity index (χ3v) is 5.75. The smallest absolute Gasteiger partial charge is 0.246 e. The lowest BCUT2D eigenvalue weighted by Crippen LogP contribution is -2.55. The molecule has 0 unspecified atom stereocenters. The van der Waals surface area contributed by atoms with Crippen molar-refractivity contribution >= 4 is 27.4 Å². The minimum Gasteiger partial charge on any atom is -0.356 e. The monoisotopic (exact) mass is 418 g/mol. The Labute approximate surface area is 170 Å². The van der Waals surface area contributed by atoms with Crippen LogP contribution < -0.4 is 10.2 Å². The maximum atomic E-state index is 12.6. The van der Waals surface area contributed by atoms with Gasteiger partial charge in [0.05, 0.1) is 23.3 Å². The minimum atomic E-state index is -3.21. The number of rotatable bonds is 5. The number of aryl methyl sites for hydroxylation is 1. The van der Waals surface area contributed by atoms with Crippen LogP contribution in [-0.4, -0.2) is 67.4 Å². The molecule has 1 N–H and O–H groups in total. The van der Waals surface area contributed by atoms with E-state index in [-0.39, 0.29) is 17.3 Å². The number of benzene rings is 1. The third-order valence-electron chi connectivity index (χ3n) is 4.62. The molecule has 1 aromatic carbocycles. The maximum absolute atomic E-state index is 12.6. The number of nitrogens with zero attached hydrogens (tertiary/aromatic N) is 5. The summed E-state index contributed by atoms with van der Waals surface area (Å²) < 4.78 is 24.8. The van der Waals surface area contributed by atoms with Gasteiger partial charge in [0.2, 0.25) is 5.91 Å². The van der Waals surface area contributed by atoms with Gasteiger partial charge in [0.25, 0.3) is 0 Å². The van der Waals surface area contributed by atoms with Crippen molar-refractivity contribution in [1.82, 2.24) is 20.0 Å². The third kappa shape index (κ3) is 5.14. The van der Waals surface area contributed by atoms with E-state index in [2.05, 4.69) is 15.4 Å². The number of sulfone groups is 1. The molecule has 1 aliphatic heterocycles. The predicted molar refractivity (Wildman–Crippen MR) is 112 cm³/mol. The van der Waals surface area contributed by atoms with Crippen molar-refractivity contribution in [2.45, 2.75) is 18.4 Å². The fourth-order valence-electron chi connectivity index (χ4n) is 3.11. The SMILES string of the molecule is CCNC(=NCc1ccc(S(C)(=O)=O)cc1)N1CCN(c2cnn(C)c2)C(=O)C1. The average molecular weight is 419 g/mol. The van der Waals surface area contributed by atoms with Crippen LogP contribution in [0.4, 0.5) is 5.69 Å². The van der Waals surface area contributed by atoms with Crippen LogP contribution in [0.1, 0.15) is 12.5 Å². The Morgan fingerprint density at radius 3 is 2.52 bits per heavy atom. The van der Waals surface area contributed by atoms with Crippen LogP contribution in [0, 0.1) is 0 Å². The highest BCUT2D eigenvalue weighted by molar-refractivity contribution is 7.90. The highest BCUT2D eigenvalue weighted by Gasteiger charge is 2.27. The zero-order valence-electron chi connectivity index (χ0n) is 16.9. The van der Waals surface area contributed by atoms with Gasteiger partial charge in [0.15, 0.2) is 15.8 Å². The number of carbonyl (C=O) groups is 1. The van der Waals surface area contributed by atoms with Gasteiger partial charge in [-0.3, -0.25) is 9.48 Å². The Hall–Kier alpha value is -2.88. The number of piperazine rings is 1. The second-order valence-electron chi connectivity index (χ2n) is 6.93. The van der Waals surface area contributed by atoms with Crippen molar-refractivity contribution in [1.29, 1.82) is 0 Å². The molecule has 29 heavy (non-hydrogen) atoms. The van der Waals surface area contributed by atoms with E-state index in [1.165, 1.54) is 6.26 Å². The largest absolute Gasteiger partial charge is 0.356 e. The first kappa shape index (κ1) is 20.8. The zero-order valence-corrected chi connectivity index (χ0v) is 17.7. The lowest BCUT2D eigenvalue weighted by Gasteiger charge is -2.35. The van der Waals surface area contributed by atoms with E-state index >= 15 is 0 Å². The molecule has 0 bridgehead atoms. The Morgan fingerprint density at radius 2 is 1.97 bits per heavy atom. The standard InChI is InChI=1S/C19H26N6O3S/c1-4-20-19(21-11-15-5-7-17(8-6-15)29(3,27)28)24-9-10-25(18(26)14-24)16-12-22-23(2)13-16/h5-8,12-13H,4,9-11,14H2,1-3H3,(H,20,21). The molecular weight excluding hydrogens is 392 g/mol. The first-order valence-corrected chi connectivity index (χ1v) is 11.3. The molecule has 2 heterocycles. The summed E-state index contributed by atoms with van der Waals surface area (Å²) in [6, 6.07) is 6.69. The molecule has 1 amide bonds. The lowest BCUT2D eigenvalue weighted by atomic mass is 10.2. The van der Waals surface area contributed by atoms with E-state index in [1.54, 1.807) is 40.0 Å². The van der Waals surface area contributed by atoms with E-state index in [9.17, 15) is 13.2 Å². The van der Waals surface area contributed by atoms with Crippen molar-refractivity contribution in [2.75, 3.05) is 37.3 Å². The lowest BCUT2D eigenvalue weighted by molar-refractivity contribution is -0.120. The van der Waals surface area contributed by atoms with Gasteiger partial charge >= 0.3 is 0 Å². The van der Waals surface area contributed by atoms with E-state index in [1.807, 2.05) is 25.1 Å². The van der Waals surface area contributed by atoms with Crippen LogP contribution >= 0.6 is 0 Å². The number of hydrogen-bond donors (Lipinski definition) is 1. The van der Waals surface area contributed by atoms with Crippen LogP contribution in [0.2, 0.25) is 0 Å². The number of nitrogens with one attached hydrogen (secondary N) is 1. The molecule has 1 saturated heterocycles. The number of aromatic nitrogens is 2. The molecule has 0 saturated carbocycles. The quantitative estimate of drug-likeness (QED) is 0.565. The normalized spacial score (nSPS) is 15.7. The molecule has 3 rings (SSSR count). The van der Waals surface area contributed by atoms with Crippen LogP contribution in [0.3, 0.4) is 0 Å². The summed E-state index contributed by atoms with van der Waals surface area (Å²) in [5.74, 6) is 0.659. The summed E-state index contributed by atoms with van der Waals surface area (Å²) in [6.45, 7) is 4.49. The molecular formula is C19H26N6O3S. The molecule has 1 aromatic heterocycles. The van der Waals surface area contributed by atoms with Gasteiger partial charge in [0.1, 0.15) is 6.54 Å². The van der Waals surface area contributed by atoms with E-state index in [0.29, 0.717) is 32.1 Å². The van der Waals surface area contributed by atoms with Gasteiger partial charge in [-0.15, -0.1) is 0 Å². The van der Waals surface area contributed by atoms with Gasteiger partial charge in [0, 0.05) is 39.1 Å². The molecule has 1 fully saturated rings. The highest BCUT2D eigenvalue weighted by atomic mass is 32.2. The molecule has 0 aliphatic carbocycles. The first-order valence-electron chi connectivity index (χ1n) is 9.39. The van der Waals surface area contributed by atoms with Crippen molar-refractivity contribution in [3.63, 3.8) is 0 Å². The van der Waals surface area contributed by atoms with Gasteiger partial charge < -0.3 is 15.1 Å². The summed E-state index contributed by atoms with van der Waals surface area (Å²) in [6.07, 6.45) is 4.70. The number of anilines is 1. The fraction of sp³-hybridized carbons (Fsp3) is 0.421. The van der Waals surface area contributed by atoms with E-state index in [4.69, 9.17) is 0 Å². The number of guanidine groups is 1. The summed E-state index contributed by atoms with van der Waals surface area (Å²) in [7, 11) is -1.39. The molecule has 2 aromatic rings. The average Bonchev–Trinajstić information content (AvgIpc) is 3.10. The molecule has 10 heteroatoms. The Kier molecular flexibility index (Phi) is 6.21. The second kappa shape index (κ2) is 8.64. The highest BCUT2D eigenvalue weighted by Crippen LogP contribution is 2.16. The van der Waals surface area contributed by atoms with Crippen molar-refractivity contribution < 1.29 is 13.2 Å². The Morgan fingerprint density at radius 1 is 1.24 bits per heavy atom. The molecule has 1 aliphatic rings. The van der Waals surface area contributed by atoms with Crippen molar-refractivity contribution in [3.05, 3.63) is 42.2 Å². The Balaban J connectivity index is 1.68. The number of hydrogen-bond acceptors (Lipinski definition) is 5. The molecule has 0 radical (unpaired) electrons.